The summed E-state index contributed by atoms with van der Waals surface area (Å²) in [5.74, 6) is -2.24. The normalized spacial score (nSPS) is 21.9. The highest BCUT2D eigenvalue weighted by molar-refractivity contribution is 6.46. The van der Waals surface area contributed by atoms with Gasteiger partial charge in [-0.05, 0) is 36.4 Å². The fourth-order valence-electron chi connectivity index (χ4n) is 3.79. The van der Waals surface area contributed by atoms with E-state index >= 15 is 0 Å². The third kappa shape index (κ3) is 3.96. The number of carbonyl (C=O) groups is 2. The highest BCUT2D eigenvalue weighted by Crippen LogP contribution is 2.38. The minimum Gasteiger partial charge on any atom is -0.507 e. The van der Waals surface area contributed by atoms with Gasteiger partial charge in [-0.2, -0.15) is 0 Å². The number of Topliss-reactive ketones (excluding diaryl/α,β-unsaturated/α-hetero) is 1. The third-order valence-electron chi connectivity index (χ3n) is 5.39. The lowest BCUT2D eigenvalue weighted by Gasteiger charge is -2.30. The lowest BCUT2D eigenvalue weighted by Crippen LogP contribution is -2.42. The summed E-state index contributed by atoms with van der Waals surface area (Å²) in [7, 11) is 0. The summed E-state index contributed by atoms with van der Waals surface area (Å²) >= 11 is 0. The van der Waals surface area contributed by atoms with Gasteiger partial charge < -0.3 is 14.7 Å². The van der Waals surface area contributed by atoms with Gasteiger partial charge in [0.25, 0.3) is 11.7 Å². The Kier molecular flexibility index (Phi) is 5.87. The van der Waals surface area contributed by atoms with E-state index in [9.17, 15) is 19.1 Å². The zero-order chi connectivity index (χ0) is 21.1. The maximum atomic E-state index is 13.3. The molecule has 1 amide bonds. The standard InChI is InChI=1S/C22H22FN3O4/c23-16-6-4-15(5-7-16)20(27)18-19(17-3-1-2-8-24-17)26(22(29)21(18)28)10-9-25-11-13-30-14-12-25/h1-8,19,27H,9-14H2/t19-/m0/s1. The molecule has 2 fully saturated rings. The summed E-state index contributed by atoms with van der Waals surface area (Å²) < 4.78 is 18.6. The number of nitrogens with zero attached hydrogens (tertiary/aromatic N) is 3. The van der Waals surface area contributed by atoms with Gasteiger partial charge in [0.15, 0.2) is 0 Å². The van der Waals surface area contributed by atoms with Crippen molar-refractivity contribution in [1.29, 1.82) is 0 Å². The predicted molar refractivity (Wildman–Crippen MR) is 107 cm³/mol. The second kappa shape index (κ2) is 8.73. The molecule has 0 bridgehead atoms. The van der Waals surface area contributed by atoms with Crippen molar-refractivity contribution in [2.24, 2.45) is 0 Å². The first kappa shape index (κ1) is 20.2. The molecule has 0 radical (unpaired) electrons. The Morgan fingerprint density at radius 2 is 1.83 bits per heavy atom. The number of ether oxygens (including phenoxy) is 1. The molecular formula is C22H22FN3O4. The van der Waals surface area contributed by atoms with Gasteiger partial charge in [0, 0.05) is 37.9 Å². The first-order valence-corrected chi connectivity index (χ1v) is 9.81. The summed E-state index contributed by atoms with van der Waals surface area (Å²) in [5, 5.41) is 10.9. The van der Waals surface area contributed by atoms with Gasteiger partial charge >= 0.3 is 0 Å². The second-order valence-electron chi connectivity index (χ2n) is 7.21. The van der Waals surface area contributed by atoms with E-state index in [1.54, 1.807) is 24.4 Å². The fraction of sp³-hybridized carbons (Fsp3) is 0.318. The van der Waals surface area contributed by atoms with Crippen molar-refractivity contribution in [3.8, 4) is 0 Å². The van der Waals surface area contributed by atoms with E-state index in [4.69, 9.17) is 4.74 Å². The summed E-state index contributed by atoms with van der Waals surface area (Å²) in [6, 6.07) is 9.56. The number of ketones is 1. The predicted octanol–water partition coefficient (Wildman–Crippen LogP) is 1.97. The van der Waals surface area contributed by atoms with Gasteiger partial charge in [0.2, 0.25) is 0 Å². The van der Waals surface area contributed by atoms with E-state index in [1.807, 2.05) is 0 Å². The largest absolute Gasteiger partial charge is 0.507 e. The molecule has 2 aliphatic heterocycles. The van der Waals surface area contributed by atoms with Gasteiger partial charge in [0.1, 0.15) is 17.6 Å². The molecular weight excluding hydrogens is 389 g/mol. The second-order valence-corrected chi connectivity index (χ2v) is 7.21. The van der Waals surface area contributed by atoms with Crippen molar-refractivity contribution in [2.75, 3.05) is 39.4 Å². The van der Waals surface area contributed by atoms with Crippen LogP contribution in [0.2, 0.25) is 0 Å². The van der Waals surface area contributed by atoms with Crippen LogP contribution in [-0.2, 0) is 14.3 Å². The Morgan fingerprint density at radius 1 is 1.10 bits per heavy atom. The summed E-state index contributed by atoms with van der Waals surface area (Å²) in [6.07, 6.45) is 1.58. The van der Waals surface area contributed by atoms with E-state index in [2.05, 4.69) is 9.88 Å². The molecule has 1 N–H and O–H groups in total. The first-order valence-electron chi connectivity index (χ1n) is 9.81. The molecule has 156 valence electrons. The Morgan fingerprint density at radius 3 is 2.50 bits per heavy atom. The highest BCUT2D eigenvalue weighted by atomic mass is 19.1. The molecule has 2 aromatic rings. The number of likely N-dealkylation sites (tertiary alicyclic amines) is 1. The summed E-state index contributed by atoms with van der Waals surface area (Å²) in [4.78, 5) is 33.7. The Balaban J connectivity index is 1.71. The molecule has 3 heterocycles. The number of pyridine rings is 1. The number of hydrogen-bond acceptors (Lipinski definition) is 6. The van der Waals surface area contributed by atoms with Gasteiger partial charge in [-0.25, -0.2) is 4.39 Å². The minimum absolute atomic E-state index is 0.0349. The molecule has 1 aromatic heterocycles. The van der Waals surface area contributed by atoms with Crippen LogP contribution in [0.4, 0.5) is 4.39 Å². The van der Waals surface area contributed by atoms with Crippen LogP contribution in [0.15, 0.2) is 54.2 Å². The van der Waals surface area contributed by atoms with Crippen molar-refractivity contribution < 1.29 is 23.8 Å². The summed E-state index contributed by atoms with van der Waals surface area (Å²) in [6.45, 7) is 3.67. The summed E-state index contributed by atoms with van der Waals surface area (Å²) in [5.41, 5.74) is 0.720. The third-order valence-corrected chi connectivity index (χ3v) is 5.39. The van der Waals surface area contributed by atoms with Crippen LogP contribution in [0.5, 0.6) is 0 Å². The molecule has 1 aromatic carbocycles. The number of carbonyl (C=O) groups excluding carboxylic acids is 2. The van der Waals surface area contributed by atoms with E-state index in [1.165, 1.54) is 29.2 Å². The molecule has 0 aliphatic carbocycles. The molecule has 2 aliphatic rings. The van der Waals surface area contributed by atoms with Crippen LogP contribution in [-0.4, -0.2) is 71.0 Å². The smallest absolute Gasteiger partial charge is 0.295 e. The average Bonchev–Trinajstić information content (AvgIpc) is 3.04. The Hall–Kier alpha value is -3.10. The number of aliphatic hydroxyl groups excluding tert-OH is 1. The van der Waals surface area contributed by atoms with Crippen LogP contribution in [0, 0.1) is 5.82 Å². The first-order chi connectivity index (χ1) is 14.6. The zero-order valence-electron chi connectivity index (χ0n) is 16.3. The molecule has 8 heteroatoms. The number of aromatic nitrogens is 1. The number of morpholine rings is 1. The van der Waals surface area contributed by atoms with Crippen LogP contribution in [0.1, 0.15) is 17.3 Å². The number of rotatable bonds is 5. The lowest BCUT2D eigenvalue weighted by molar-refractivity contribution is -0.140. The molecule has 0 spiro atoms. The molecule has 2 saturated heterocycles. The van der Waals surface area contributed by atoms with Crippen molar-refractivity contribution in [3.05, 3.63) is 71.3 Å². The van der Waals surface area contributed by atoms with Gasteiger partial charge in [-0.15, -0.1) is 0 Å². The molecule has 30 heavy (non-hydrogen) atoms. The molecule has 4 rings (SSSR count). The number of aliphatic hydroxyl groups is 1. The van der Waals surface area contributed by atoms with Crippen molar-refractivity contribution in [3.63, 3.8) is 0 Å². The van der Waals surface area contributed by atoms with Crippen molar-refractivity contribution >= 4 is 17.4 Å². The van der Waals surface area contributed by atoms with Crippen LogP contribution < -0.4 is 0 Å². The number of halogens is 1. The van der Waals surface area contributed by atoms with Crippen molar-refractivity contribution in [1.82, 2.24) is 14.8 Å². The van der Waals surface area contributed by atoms with E-state index < -0.39 is 23.5 Å². The molecule has 1 atom stereocenters. The lowest BCUT2D eigenvalue weighted by atomic mass is 9.98. The zero-order valence-corrected chi connectivity index (χ0v) is 16.3. The number of amides is 1. The van der Waals surface area contributed by atoms with Crippen LogP contribution in [0.25, 0.3) is 5.76 Å². The van der Waals surface area contributed by atoms with Gasteiger partial charge in [0.05, 0.1) is 24.5 Å². The SMILES string of the molecule is O=C1C(=O)N(CCN2CCOCC2)[C@@H](c2ccccn2)C1=C(O)c1ccc(F)cc1. The highest BCUT2D eigenvalue weighted by Gasteiger charge is 2.46. The maximum Gasteiger partial charge on any atom is 0.295 e. The van der Waals surface area contributed by atoms with E-state index in [-0.39, 0.29) is 16.9 Å². The fourth-order valence-corrected chi connectivity index (χ4v) is 3.79. The topological polar surface area (TPSA) is 83.0 Å². The Labute approximate surface area is 173 Å². The monoisotopic (exact) mass is 411 g/mol. The van der Waals surface area contributed by atoms with E-state index in [0.29, 0.717) is 32.0 Å². The van der Waals surface area contributed by atoms with E-state index in [0.717, 1.165) is 13.1 Å². The van der Waals surface area contributed by atoms with Crippen LogP contribution >= 0.6 is 0 Å². The Bertz CT molecular complexity index is 956. The molecule has 0 saturated carbocycles. The minimum atomic E-state index is -0.808. The van der Waals surface area contributed by atoms with Crippen molar-refractivity contribution in [2.45, 2.75) is 6.04 Å². The van der Waals surface area contributed by atoms with Crippen LogP contribution in [0.3, 0.4) is 0 Å². The van der Waals surface area contributed by atoms with Gasteiger partial charge in [-0.1, -0.05) is 6.07 Å². The quantitative estimate of drug-likeness (QED) is 0.460. The number of benzene rings is 1. The average molecular weight is 411 g/mol. The van der Waals surface area contributed by atoms with Gasteiger partial charge in [-0.3, -0.25) is 19.5 Å². The molecule has 0 unspecified atom stereocenters. The maximum absolute atomic E-state index is 13.3. The number of hydrogen-bond donors (Lipinski definition) is 1. The molecule has 7 nitrogen and oxygen atoms in total.